The highest BCUT2D eigenvalue weighted by Crippen LogP contribution is 2.52. The van der Waals surface area contributed by atoms with E-state index in [2.05, 4.69) is 5.32 Å². The zero-order chi connectivity index (χ0) is 15.6. The number of benzene rings is 1. The van der Waals surface area contributed by atoms with E-state index in [0.29, 0.717) is 53.7 Å². The van der Waals surface area contributed by atoms with Gasteiger partial charge in [0.2, 0.25) is 5.91 Å². The summed E-state index contributed by atoms with van der Waals surface area (Å²) in [5.41, 5.74) is 0.768. The van der Waals surface area contributed by atoms with E-state index in [0.717, 1.165) is 0 Å². The van der Waals surface area contributed by atoms with Gasteiger partial charge in [-0.15, -0.1) is 0 Å². The van der Waals surface area contributed by atoms with Crippen molar-refractivity contribution in [3.8, 4) is 17.2 Å². The normalized spacial score (nSPS) is 27.0. The van der Waals surface area contributed by atoms with Crippen molar-refractivity contribution in [3.05, 3.63) is 41.1 Å². The highest BCUT2D eigenvalue weighted by molar-refractivity contribution is 6.17. The third-order valence-electron chi connectivity index (χ3n) is 4.77. The van der Waals surface area contributed by atoms with E-state index in [1.165, 1.54) is 6.08 Å². The lowest BCUT2D eigenvalue weighted by Gasteiger charge is -2.24. The molecule has 0 radical (unpaired) electrons. The minimum Gasteiger partial charge on any atom is -0.491 e. The first-order chi connectivity index (χ1) is 11.2. The molecular formula is C17H13NO5. The van der Waals surface area contributed by atoms with Crippen LogP contribution in [0, 0.1) is 0 Å². The molecule has 1 amide bonds. The van der Waals surface area contributed by atoms with Crippen molar-refractivity contribution in [3.63, 3.8) is 0 Å². The first kappa shape index (κ1) is 12.8. The Morgan fingerprint density at radius 3 is 2.61 bits per heavy atom. The topological polar surface area (TPSA) is 73.9 Å². The van der Waals surface area contributed by atoms with Crippen molar-refractivity contribution in [2.45, 2.75) is 11.8 Å². The molecule has 0 saturated carbocycles. The standard InChI is InChI=1S/C17H13NO5/c19-11-3-1-2-10-15(11)17(16(20)18-10)8-23-12-7-14-13(6-9(12)17)21-4-5-22-14/h1,3,6-7H,2,4-5,8H2,(H,18,20). The SMILES string of the molecule is O=C1C=CCC2=C1C1(COc3cc4c(cc31)OCCO4)C(=O)N2. The number of ether oxygens (including phenoxy) is 3. The number of ketones is 1. The van der Waals surface area contributed by atoms with Gasteiger partial charge in [0.1, 0.15) is 31.0 Å². The maximum atomic E-state index is 12.8. The molecule has 1 aromatic rings. The fraction of sp³-hybridized carbons (Fsp3) is 0.294. The van der Waals surface area contributed by atoms with E-state index < -0.39 is 5.41 Å². The zero-order valence-corrected chi connectivity index (χ0v) is 12.2. The van der Waals surface area contributed by atoms with Crippen molar-refractivity contribution in [1.29, 1.82) is 0 Å². The summed E-state index contributed by atoms with van der Waals surface area (Å²) in [4.78, 5) is 25.2. The summed E-state index contributed by atoms with van der Waals surface area (Å²) < 4.78 is 16.9. The number of hydrogen-bond donors (Lipinski definition) is 1. The van der Waals surface area contributed by atoms with Gasteiger partial charge in [0.25, 0.3) is 0 Å². The second-order valence-corrected chi connectivity index (χ2v) is 5.96. The molecule has 1 unspecified atom stereocenters. The zero-order valence-electron chi connectivity index (χ0n) is 12.2. The van der Waals surface area contributed by atoms with Crippen molar-refractivity contribution >= 4 is 11.7 Å². The average molecular weight is 311 g/mol. The summed E-state index contributed by atoms with van der Waals surface area (Å²) in [5, 5.41) is 2.86. The van der Waals surface area contributed by atoms with Gasteiger partial charge in [-0.2, -0.15) is 0 Å². The Labute approximate surface area is 131 Å². The van der Waals surface area contributed by atoms with Crippen LogP contribution in [0.2, 0.25) is 0 Å². The first-order valence-corrected chi connectivity index (χ1v) is 7.53. The fourth-order valence-corrected chi connectivity index (χ4v) is 3.74. The number of allylic oxidation sites excluding steroid dienone is 2. The maximum absolute atomic E-state index is 12.8. The van der Waals surface area contributed by atoms with E-state index >= 15 is 0 Å². The number of rotatable bonds is 0. The number of hydrogen-bond acceptors (Lipinski definition) is 5. The molecular weight excluding hydrogens is 298 g/mol. The predicted molar refractivity (Wildman–Crippen MR) is 78.5 cm³/mol. The van der Waals surface area contributed by atoms with Crippen LogP contribution in [0.15, 0.2) is 35.6 Å². The summed E-state index contributed by atoms with van der Waals surface area (Å²) >= 11 is 0. The molecule has 116 valence electrons. The third kappa shape index (κ3) is 1.48. The molecule has 1 aliphatic carbocycles. The number of carbonyl (C=O) groups is 2. The number of fused-ring (bicyclic) bond motifs is 4. The second kappa shape index (κ2) is 4.16. The lowest BCUT2D eigenvalue weighted by atomic mass is 9.73. The van der Waals surface area contributed by atoms with Gasteiger partial charge in [0.15, 0.2) is 17.3 Å². The van der Waals surface area contributed by atoms with Crippen molar-refractivity contribution in [1.82, 2.24) is 5.32 Å². The van der Waals surface area contributed by atoms with Crippen LogP contribution >= 0.6 is 0 Å². The van der Waals surface area contributed by atoms with E-state index in [-0.39, 0.29) is 18.3 Å². The molecule has 4 aliphatic rings. The first-order valence-electron chi connectivity index (χ1n) is 7.53. The molecule has 3 heterocycles. The highest BCUT2D eigenvalue weighted by Gasteiger charge is 2.57. The van der Waals surface area contributed by atoms with Gasteiger partial charge >= 0.3 is 0 Å². The molecule has 6 nitrogen and oxygen atoms in total. The summed E-state index contributed by atoms with van der Waals surface area (Å²) in [6, 6.07) is 3.52. The van der Waals surface area contributed by atoms with Gasteiger partial charge in [0.05, 0.1) is 0 Å². The summed E-state index contributed by atoms with van der Waals surface area (Å²) in [6.45, 7) is 1.06. The lowest BCUT2D eigenvalue weighted by molar-refractivity contribution is -0.125. The van der Waals surface area contributed by atoms with Gasteiger partial charge in [-0.1, -0.05) is 6.08 Å². The van der Waals surface area contributed by atoms with Crippen LogP contribution in [-0.2, 0) is 15.0 Å². The molecule has 5 rings (SSSR count). The Kier molecular flexibility index (Phi) is 2.30. The van der Waals surface area contributed by atoms with Crippen LogP contribution in [0.3, 0.4) is 0 Å². The number of amides is 1. The molecule has 1 spiro atoms. The minimum absolute atomic E-state index is 0.121. The molecule has 0 bridgehead atoms. The maximum Gasteiger partial charge on any atom is 0.243 e. The van der Waals surface area contributed by atoms with Crippen molar-refractivity contribution in [2.24, 2.45) is 0 Å². The van der Waals surface area contributed by atoms with Gasteiger partial charge in [-0.05, 0) is 12.1 Å². The third-order valence-corrected chi connectivity index (χ3v) is 4.77. The van der Waals surface area contributed by atoms with Gasteiger partial charge in [-0.25, -0.2) is 0 Å². The lowest BCUT2D eigenvalue weighted by Crippen LogP contribution is -2.41. The molecule has 0 aromatic heterocycles. The Balaban J connectivity index is 1.73. The molecule has 1 N–H and O–H groups in total. The molecule has 1 atom stereocenters. The molecule has 3 aliphatic heterocycles. The second-order valence-electron chi connectivity index (χ2n) is 5.96. The number of nitrogens with one attached hydrogen (secondary N) is 1. The van der Waals surface area contributed by atoms with Crippen LogP contribution in [0.25, 0.3) is 0 Å². The van der Waals surface area contributed by atoms with E-state index in [4.69, 9.17) is 14.2 Å². The quantitative estimate of drug-likeness (QED) is 0.774. The predicted octanol–water partition coefficient (Wildman–Crippen LogP) is 1.00. The molecule has 23 heavy (non-hydrogen) atoms. The fourth-order valence-electron chi connectivity index (χ4n) is 3.74. The molecule has 1 aromatic carbocycles. The number of carbonyl (C=O) groups excluding carboxylic acids is 2. The Morgan fingerprint density at radius 2 is 1.78 bits per heavy atom. The van der Waals surface area contributed by atoms with Crippen LogP contribution in [0.1, 0.15) is 12.0 Å². The largest absolute Gasteiger partial charge is 0.491 e. The van der Waals surface area contributed by atoms with Crippen molar-refractivity contribution in [2.75, 3.05) is 19.8 Å². The van der Waals surface area contributed by atoms with Crippen LogP contribution < -0.4 is 19.5 Å². The van der Waals surface area contributed by atoms with Gasteiger partial charge in [-0.3, -0.25) is 9.59 Å². The average Bonchev–Trinajstić information content (AvgIpc) is 3.06. The van der Waals surface area contributed by atoms with Gasteiger partial charge < -0.3 is 19.5 Å². The van der Waals surface area contributed by atoms with E-state index in [1.807, 2.05) is 0 Å². The Hall–Kier alpha value is -2.76. The summed E-state index contributed by atoms with van der Waals surface area (Å²) in [5.74, 6) is 1.40. The summed E-state index contributed by atoms with van der Waals surface area (Å²) in [6.07, 6.45) is 3.84. The molecule has 0 fully saturated rings. The minimum atomic E-state index is -1.08. The Bertz CT molecular complexity index is 838. The smallest absolute Gasteiger partial charge is 0.243 e. The monoisotopic (exact) mass is 311 g/mol. The van der Waals surface area contributed by atoms with Crippen LogP contribution in [0.5, 0.6) is 17.2 Å². The Morgan fingerprint density at radius 1 is 1.00 bits per heavy atom. The highest BCUT2D eigenvalue weighted by atomic mass is 16.6. The van der Waals surface area contributed by atoms with Crippen LogP contribution in [-0.4, -0.2) is 31.5 Å². The molecule has 6 heteroatoms. The van der Waals surface area contributed by atoms with E-state index in [9.17, 15) is 9.59 Å². The molecule has 0 saturated heterocycles. The van der Waals surface area contributed by atoms with Crippen molar-refractivity contribution < 1.29 is 23.8 Å². The van der Waals surface area contributed by atoms with Crippen LogP contribution in [0.4, 0.5) is 0 Å². The van der Waals surface area contributed by atoms with Gasteiger partial charge in [0, 0.05) is 29.3 Å². The van der Waals surface area contributed by atoms with E-state index in [1.54, 1.807) is 18.2 Å². The summed E-state index contributed by atoms with van der Waals surface area (Å²) in [7, 11) is 0.